The lowest BCUT2D eigenvalue weighted by molar-refractivity contribution is -0.157. The van der Waals surface area contributed by atoms with E-state index in [4.69, 9.17) is 4.74 Å². The van der Waals surface area contributed by atoms with E-state index in [2.05, 4.69) is 16.4 Å². The summed E-state index contributed by atoms with van der Waals surface area (Å²) in [4.78, 5) is 30.1. The zero-order chi connectivity index (χ0) is 24.6. The molecule has 0 unspecified atom stereocenters. The van der Waals surface area contributed by atoms with Gasteiger partial charge in [-0.25, -0.2) is 9.78 Å². The largest absolute Gasteiger partial charge is 0.458 e. The smallest absolute Gasteiger partial charge is 0.329 e. The maximum atomic E-state index is 13.3. The van der Waals surface area contributed by atoms with Gasteiger partial charge < -0.3 is 14.6 Å². The Morgan fingerprint density at radius 1 is 1.29 bits per heavy atom. The van der Waals surface area contributed by atoms with Crippen molar-refractivity contribution >= 4 is 41.1 Å². The predicted octanol–water partition coefficient (Wildman–Crippen LogP) is 5.52. The van der Waals surface area contributed by atoms with Crippen molar-refractivity contribution in [3.05, 3.63) is 70.9 Å². The van der Waals surface area contributed by atoms with Gasteiger partial charge in [0.2, 0.25) is 0 Å². The minimum Gasteiger partial charge on any atom is -0.458 e. The van der Waals surface area contributed by atoms with E-state index in [-0.39, 0.29) is 5.91 Å². The Bertz CT molecular complexity index is 1100. The van der Waals surface area contributed by atoms with Crippen molar-refractivity contribution in [3.8, 4) is 11.1 Å². The lowest BCUT2D eigenvalue weighted by Crippen LogP contribution is -2.44. The molecule has 1 N–H and O–H groups in total. The van der Waals surface area contributed by atoms with Crippen LogP contribution < -0.4 is 5.32 Å². The maximum absolute atomic E-state index is 13.3. The molecule has 0 aliphatic rings. The first-order valence-corrected chi connectivity index (χ1v) is 13.4. The number of ether oxygens (including phenoxy) is 1. The molecule has 0 aliphatic carbocycles. The number of amides is 1. The third kappa shape index (κ3) is 7.60. The van der Waals surface area contributed by atoms with Gasteiger partial charge in [0, 0.05) is 24.5 Å². The van der Waals surface area contributed by atoms with Crippen molar-refractivity contribution < 1.29 is 14.3 Å². The number of hydrogen-bond acceptors (Lipinski definition) is 6. The molecule has 3 rings (SSSR count). The number of rotatable bonds is 10. The maximum Gasteiger partial charge on any atom is 0.329 e. The lowest BCUT2D eigenvalue weighted by atomic mass is 9.98. The second-order valence-electron chi connectivity index (χ2n) is 8.82. The Labute approximate surface area is 209 Å². The van der Waals surface area contributed by atoms with Crippen molar-refractivity contribution in [1.82, 2.24) is 14.9 Å². The summed E-state index contributed by atoms with van der Waals surface area (Å²) >= 11 is 3.20. The minimum absolute atomic E-state index is 0.285. The first kappa shape index (κ1) is 25.8. The van der Waals surface area contributed by atoms with E-state index in [1.165, 1.54) is 0 Å². The topological polar surface area (TPSA) is 73.2 Å². The fourth-order valence-electron chi connectivity index (χ4n) is 3.32. The molecular weight excluding hydrogens is 466 g/mol. The Morgan fingerprint density at radius 2 is 2.12 bits per heavy atom. The average Bonchev–Trinajstić information content (AvgIpc) is 3.49. The summed E-state index contributed by atoms with van der Waals surface area (Å²) < 4.78 is 7.53. The van der Waals surface area contributed by atoms with E-state index in [0.717, 1.165) is 22.4 Å². The summed E-state index contributed by atoms with van der Waals surface area (Å²) in [5.41, 5.74) is 2.70. The van der Waals surface area contributed by atoms with Crippen molar-refractivity contribution in [1.29, 1.82) is 0 Å². The normalized spacial score (nSPS) is 12.6. The molecule has 0 aliphatic heterocycles. The highest BCUT2D eigenvalue weighted by Crippen LogP contribution is 2.28. The zero-order valence-corrected chi connectivity index (χ0v) is 21.6. The summed E-state index contributed by atoms with van der Waals surface area (Å²) in [5.74, 6) is 0.0422. The second kappa shape index (κ2) is 12.0. The Hall–Kier alpha value is -2.84. The summed E-state index contributed by atoms with van der Waals surface area (Å²) in [6.07, 6.45) is 12.0. The minimum atomic E-state index is -0.704. The van der Waals surface area contributed by atoms with Gasteiger partial charge in [-0.3, -0.25) is 4.79 Å². The van der Waals surface area contributed by atoms with Crippen molar-refractivity contribution in [2.24, 2.45) is 0 Å². The number of benzene rings is 1. The van der Waals surface area contributed by atoms with Crippen LogP contribution in [0.5, 0.6) is 0 Å². The molecule has 1 aromatic carbocycles. The fraction of sp³-hybridized carbons (Fsp3) is 0.346. The second-order valence-corrected chi connectivity index (χ2v) is 10.6. The highest BCUT2D eigenvalue weighted by Gasteiger charge is 2.27. The van der Waals surface area contributed by atoms with Crippen LogP contribution in [-0.4, -0.2) is 45.1 Å². The molecule has 180 valence electrons. The third-order valence-corrected chi connectivity index (χ3v) is 6.24. The number of thiophene rings is 1. The Balaban J connectivity index is 1.83. The van der Waals surface area contributed by atoms with E-state index in [1.54, 1.807) is 35.6 Å². The number of carbonyl (C=O) groups excluding carboxylic acids is 2. The van der Waals surface area contributed by atoms with Gasteiger partial charge in [-0.15, -0.1) is 0 Å². The molecule has 3 aromatic rings. The van der Waals surface area contributed by atoms with Gasteiger partial charge in [-0.2, -0.15) is 23.1 Å². The number of imidazole rings is 1. The van der Waals surface area contributed by atoms with Crippen molar-refractivity contribution in [3.63, 3.8) is 0 Å². The van der Waals surface area contributed by atoms with Crippen LogP contribution in [0.2, 0.25) is 0 Å². The number of aromatic nitrogens is 2. The summed E-state index contributed by atoms with van der Waals surface area (Å²) in [5, 5.41) is 6.93. The SMILES string of the molecule is CSCC[C@H](NC(=O)c1ccc(C=CCn2ccnc2)cc1-c1ccsc1)C(=O)OC(C)(C)C. The van der Waals surface area contributed by atoms with Gasteiger partial charge in [0.05, 0.1) is 6.33 Å². The molecule has 1 atom stereocenters. The average molecular weight is 498 g/mol. The standard InChI is InChI=1S/C26H31N3O3S2/c1-26(2,3)32-25(31)23(10-14-33-4)28-24(30)21-8-7-19(6-5-12-29-13-11-27-18-29)16-22(21)20-9-15-34-17-20/h5-9,11,13,15-18,23H,10,12,14H2,1-4H3,(H,28,30)/t23-/m0/s1. The lowest BCUT2D eigenvalue weighted by Gasteiger charge is -2.25. The number of allylic oxidation sites excluding steroid dienone is 1. The van der Waals surface area contributed by atoms with Gasteiger partial charge in [-0.1, -0.05) is 18.2 Å². The molecule has 8 heteroatoms. The number of thioether (sulfide) groups is 1. The van der Waals surface area contributed by atoms with E-state index < -0.39 is 17.6 Å². The number of hydrogen-bond donors (Lipinski definition) is 1. The summed E-state index contributed by atoms with van der Waals surface area (Å²) in [6.45, 7) is 6.19. The zero-order valence-electron chi connectivity index (χ0n) is 20.0. The first-order valence-electron chi connectivity index (χ1n) is 11.1. The third-order valence-electron chi connectivity index (χ3n) is 4.91. The predicted molar refractivity (Wildman–Crippen MR) is 141 cm³/mol. The molecular formula is C26H31N3O3S2. The van der Waals surface area contributed by atoms with Gasteiger partial charge in [0.25, 0.3) is 5.91 Å². The molecule has 0 bridgehead atoms. The molecule has 0 saturated carbocycles. The van der Waals surface area contributed by atoms with Crippen LogP contribution in [0, 0.1) is 0 Å². The quantitative estimate of drug-likeness (QED) is 0.374. The van der Waals surface area contributed by atoms with Gasteiger partial charge in [-0.05, 0) is 84.9 Å². The van der Waals surface area contributed by atoms with E-state index in [9.17, 15) is 9.59 Å². The van der Waals surface area contributed by atoms with Crippen LogP contribution in [0.25, 0.3) is 17.2 Å². The van der Waals surface area contributed by atoms with E-state index in [1.807, 2.05) is 78.9 Å². The van der Waals surface area contributed by atoms with Crippen molar-refractivity contribution in [2.75, 3.05) is 12.0 Å². The highest BCUT2D eigenvalue weighted by atomic mass is 32.2. The summed E-state index contributed by atoms with van der Waals surface area (Å²) in [7, 11) is 0. The Kier molecular flexibility index (Phi) is 9.12. The van der Waals surface area contributed by atoms with Gasteiger partial charge >= 0.3 is 5.97 Å². The molecule has 2 aromatic heterocycles. The van der Waals surface area contributed by atoms with Crippen LogP contribution >= 0.6 is 23.1 Å². The number of nitrogens with one attached hydrogen (secondary N) is 1. The molecule has 34 heavy (non-hydrogen) atoms. The molecule has 0 fully saturated rings. The molecule has 1 amide bonds. The fourth-order valence-corrected chi connectivity index (χ4v) is 4.45. The highest BCUT2D eigenvalue weighted by molar-refractivity contribution is 7.98. The van der Waals surface area contributed by atoms with Crippen LogP contribution in [-0.2, 0) is 16.1 Å². The Morgan fingerprint density at radius 3 is 2.76 bits per heavy atom. The van der Waals surface area contributed by atoms with E-state index in [0.29, 0.717) is 18.5 Å². The molecule has 0 spiro atoms. The molecule has 0 radical (unpaired) electrons. The van der Waals surface area contributed by atoms with Crippen LogP contribution in [0.15, 0.2) is 59.8 Å². The monoisotopic (exact) mass is 497 g/mol. The van der Waals surface area contributed by atoms with Crippen LogP contribution in [0.3, 0.4) is 0 Å². The number of esters is 1. The van der Waals surface area contributed by atoms with E-state index >= 15 is 0 Å². The number of nitrogens with zero attached hydrogens (tertiary/aromatic N) is 2. The molecule has 6 nitrogen and oxygen atoms in total. The van der Waals surface area contributed by atoms with Crippen LogP contribution in [0.1, 0.15) is 43.1 Å². The van der Waals surface area contributed by atoms with Gasteiger partial charge in [0.1, 0.15) is 11.6 Å². The summed E-state index contributed by atoms with van der Waals surface area (Å²) in [6, 6.07) is 7.03. The van der Waals surface area contributed by atoms with Gasteiger partial charge in [0.15, 0.2) is 0 Å². The van der Waals surface area contributed by atoms with Crippen LogP contribution in [0.4, 0.5) is 0 Å². The molecule has 2 heterocycles. The van der Waals surface area contributed by atoms with Crippen molar-refractivity contribution in [2.45, 2.75) is 45.4 Å². The molecule has 0 saturated heterocycles. The number of carbonyl (C=O) groups is 2. The first-order chi connectivity index (χ1) is 16.3.